The summed E-state index contributed by atoms with van der Waals surface area (Å²) in [7, 11) is 1.60. The molecule has 0 spiro atoms. The van der Waals surface area contributed by atoms with Crippen LogP contribution in [0.25, 0.3) is 16.8 Å². The fraction of sp³-hybridized carbons (Fsp3) is 0.125. The summed E-state index contributed by atoms with van der Waals surface area (Å²) >= 11 is 0. The Bertz CT molecular complexity index is 1200. The lowest BCUT2D eigenvalue weighted by Crippen LogP contribution is -2.08. The third-order valence-corrected chi connectivity index (χ3v) is 4.85. The highest BCUT2D eigenvalue weighted by molar-refractivity contribution is 5.64. The molecular formula is C24H19F3N2O3. The molecule has 0 aliphatic heterocycles. The van der Waals surface area contributed by atoms with Crippen LogP contribution in [0, 0.1) is 0 Å². The lowest BCUT2D eigenvalue weighted by molar-refractivity contribution is -0.141. The number of aromatic hydroxyl groups is 1. The molecule has 0 saturated carbocycles. The van der Waals surface area contributed by atoms with E-state index in [-0.39, 0.29) is 23.7 Å². The van der Waals surface area contributed by atoms with Crippen LogP contribution in [0.4, 0.5) is 13.2 Å². The molecule has 0 saturated heterocycles. The molecule has 0 unspecified atom stereocenters. The third-order valence-electron chi connectivity index (χ3n) is 4.85. The van der Waals surface area contributed by atoms with Crippen molar-refractivity contribution >= 4 is 0 Å². The first-order valence-electron chi connectivity index (χ1n) is 9.67. The number of phenolic OH excluding ortho intramolecular Hbond substituents is 1. The van der Waals surface area contributed by atoms with E-state index in [1.165, 1.54) is 12.1 Å². The molecule has 8 heteroatoms. The van der Waals surface area contributed by atoms with E-state index in [1.54, 1.807) is 31.4 Å². The topological polar surface area (TPSA) is 56.5 Å². The molecule has 1 heterocycles. The van der Waals surface area contributed by atoms with Crippen molar-refractivity contribution in [2.75, 3.05) is 7.11 Å². The van der Waals surface area contributed by atoms with Gasteiger partial charge in [0, 0.05) is 0 Å². The summed E-state index contributed by atoms with van der Waals surface area (Å²) in [4.78, 5) is 0. The van der Waals surface area contributed by atoms with Crippen molar-refractivity contribution < 1.29 is 27.8 Å². The highest BCUT2D eigenvalue weighted by Gasteiger charge is 2.35. The van der Waals surface area contributed by atoms with E-state index in [0.29, 0.717) is 5.75 Å². The Kier molecular flexibility index (Phi) is 5.77. The van der Waals surface area contributed by atoms with Crippen LogP contribution in [0.15, 0.2) is 78.9 Å². The summed E-state index contributed by atoms with van der Waals surface area (Å²) in [6, 6.07) is 21.7. The molecule has 32 heavy (non-hydrogen) atoms. The van der Waals surface area contributed by atoms with Crippen LogP contribution in [-0.4, -0.2) is 22.0 Å². The van der Waals surface area contributed by atoms with Gasteiger partial charge >= 0.3 is 6.18 Å². The van der Waals surface area contributed by atoms with E-state index in [9.17, 15) is 18.3 Å². The van der Waals surface area contributed by atoms with Crippen LogP contribution in [0.1, 0.15) is 11.4 Å². The predicted octanol–water partition coefficient (Wildman–Crippen LogP) is 5.85. The fourth-order valence-electron chi connectivity index (χ4n) is 3.20. The van der Waals surface area contributed by atoms with Crippen molar-refractivity contribution in [3.8, 4) is 34.1 Å². The lowest BCUT2D eigenvalue weighted by atomic mass is 10.1. The van der Waals surface area contributed by atoms with Crippen molar-refractivity contribution in [1.29, 1.82) is 0 Å². The Labute approximate surface area is 182 Å². The second-order valence-corrected chi connectivity index (χ2v) is 6.96. The molecule has 164 valence electrons. The number of benzene rings is 3. The van der Waals surface area contributed by atoms with E-state index in [4.69, 9.17) is 9.47 Å². The molecule has 1 N–H and O–H groups in total. The van der Waals surface area contributed by atoms with Crippen LogP contribution in [0.3, 0.4) is 0 Å². The van der Waals surface area contributed by atoms with Gasteiger partial charge in [-0.3, -0.25) is 0 Å². The molecule has 4 rings (SSSR count). The molecule has 0 atom stereocenters. The van der Waals surface area contributed by atoms with Crippen molar-refractivity contribution in [2.45, 2.75) is 12.8 Å². The van der Waals surface area contributed by atoms with Gasteiger partial charge in [0.05, 0.1) is 12.8 Å². The van der Waals surface area contributed by atoms with E-state index in [1.807, 2.05) is 36.4 Å². The Morgan fingerprint density at radius 2 is 1.47 bits per heavy atom. The first-order valence-corrected chi connectivity index (χ1v) is 9.67. The summed E-state index contributed by atoms with van der Waals surface area (Å²) in [5, 5.41) is 13.7. The number of rotatable bonds is 6. The first kappa shape index (κ1) is 21.3. The summed E-state index contributed by atoms with van der Waals surface area (Å²) < 4.78 is 51.6. The molecular weight excluding hydrogens is 421 g/mol. The van der Waals surface area contributed by atoms with Crippen LogP contribution in [-0.2, 0) is 12.8 Å². The number of halogens is 3. The molecule has 0 bridgehead atoms. The van der Waals surface area contributed by atoms with Gasteiger partial charge in [-0.1, -0.05) is 36.4 Å². The van der Waals surface area contributed by atoms with Gasteiger partial charge in [-0.25, -0.2) is 4.68 Å². The maximum absolute atomic E-state index is 13.2. The normalized spacial score (nSPS) is 11.4. The quantitative estimate of drug-likeness (QED) is 0.409. The third kappa shape index (κ3) is 4.54. The highest BCUT2D eigenvalue weighted by atomic mass is 19.4. The van der Waals surface area contributed by atoms with Gasteiger partial charge in [-0.2, -0.15) is 18.3 Å². The Morgan fingerprint density at radius 1 is 0.875 bits per heavy atom. The number of hydrogen-bond acceptors (Lipinski definition) is 4. The zero-order valence-corrected chi connectivity index (χ0v) is 17.0. The molecule has 0 aliphatic rings. The van der Waals surface area contributed by atoms with E-state index < -0.39 is 11.9 Å². The number of para-hydroxylation sites is 2. The second kappa shape index (κ2) is 8.66. The summed E-state index contributed by atoms with van der Waals surface area (Å²) in [6.07, 6.45) is -4.62. The van der Waals surface area contributed by atoms with Crippen molar-refractivity contribution in [1.82, 2.24) is 9.78 Å². The number of hydrogen-bond donors (Lipinski definition) is 1. The zero-order chi connectivity index (χ0) is 22.7. The van der Waals surface area contributed by atoms with Gasteiger partial charge in [0.1, 0.15) is 29.5 Å². The van der Waals surface area contributed by atoms with Gasteiger partial charge in [0.15, 0.2) is 5.69 Å². The van der Waals surface area contributed by atoms with Crippen molar-refractivity contribution in [3.63, 3.8) is 0 Å². The molecule has 1 aromatic heterocycles. The second-order valence-electron chi connectivity index (χ2n) is 6.96. The van der Waals surface area contributed by atoms with Crippen molar-refractivity contribution in [2.24, 2.45) is 0 Å². The molecule has 4 aromatic rings. The number of phenols is 1. The maximum atomic E-state index is 13.2. The minimum Gasteiger partial charge on any atom is -0.506 e. The Hall–Kier alpha value is -3.94. The molecule has 0 radical (unpaired) electrons. The zero-order valence-electron chi connectivity index (χ0n) is 17.0. The SMILES string of the molecule is COc1ccc(-c2ccc(OCc3cc(C(F)(F)F)nn3-c3ccccc3O)cc2)cc1. The summed E-state index contributed by atoms with van der Waals surface area (Å²) in [5.41, 5.74) is 1.17. The lowest BCUT2D eigenvalue weighted by Gasteiger charge is -2.11. The minimum atomic E-state index is -4.62. The van der Waals surface area contributed by atoms with Crippen LogP contribution in [0.5, 0.6) is 17.2 Å². The van der Waals surface area contributed by atoms with Gasteiger partial charge in [-0.15, -0.1) is 0 Å². The number of nitrogens with zero attached hydrogens (tertiary/aromatic N) is 2. The molecule has 0 fully saturated rings. The van der Waals surface area contributed by atoms with E-state index >= 15 is 0 Å². The molecule has 3 aromatic carbocycles. The number of alkyl halides is 3. The first-order chi connectivity index (χ1) is 15.3. The predicted molar refractivity (Wildman–Crippen MR) is 113 cm³/mol. The average Bonchev–Trinajstić information content (AvgIpc) is 3.23. The average molecular weight is 440 g/mol. The summed E-state index contributed by atoms with van der Waals surface area (Å²) in [6.45, 7) is -0.167. The van der Waals surface area contributed by atoms with Gasteiger partial charge < -0.3 is 14.6 Å². The maximum Gasteiger partial charge on any atom is 0.435 e. The highest BCUT2D eigenvalue weighted by Crippen LogP contribution is 2.32. The standard InChI is InChI=1S/C24H19F3N2O3/c1-31-19-10-6-16(7-11-19)17-8-12-20(13-9-17)32-15-18-14-23(24(25,26)27)28-29(18)21-4-2-3-5-22(21)30/h2-14,30H,15H2,1H3. The van der Waals surface area contributed by atoms with Crippen LogP contribution in [0.2, 0.25) is 0 Å². The monoisotopic (exact) mass is 440 g/mol. The largest absolute Gasteiger partial charge is 0.506 e. The minimum absolute atomic E-state index is 0.136. The molecule has 0 amide bonds. The molecule has 0 aliphatic carbocycles. The number of aromatic nitrogens is 2. The van der Waals surface area contributed by atoms with Gasteiger partial charge in [0.2, 0.25) is 0 Å². The van der Waals surface area contributed by atoms with E-state index in [2.05, 4.69) is 5.10 Å². The number of ether oxygens (including phenoxy) is 2. The fourth-order valence-corrected chi connectivity index (χ4v) is 3.20. The van der Waals surface area contributed by atoms with Crippen LogP contribution < -0.4 is 9.47 Å². The Balaban J connectivity index is 1.55. The van der Waals surface area contributed by atoms with Gasteiger partial charge in [0.25, 0.3) is 0 Å². The summed E-state index contributed by atoms with van der Waals surface area (Å²) in [5.74, 6) is 1.06. The van der Waals surface area contributed by atoms with E-state index in [0.717, 1.165) is 27.6 Å². The van der Waals surface area contributed by atoms with Gasteiger partial charge in [-0.05, 0) is 53.6 Å². The Morgan fingerprint density at radius 3 is 2.03 bits per heavy atom. The number of methoxy groups -OCH3 is 1. The van der Waals surface area contributed by atoms with Crippen LogP contribution >= 0.6 is 0 Å². The van der Waals surface area contributed by atoms with Crippen molar-refractivity contribution in [3.05, 3.63) is 90.3 Å². The molecule has 5 nitrogen and oxygen atoms in total. The smallest absolute Gasteiger partial charge is 0.435 e.